The van der Waals surface area contributed by atoms with Crippen LogP contribution >= 0.6 is 0 Å². The second-order valence-electron chi connectivity index (χ2n) is 4.69. The summed E-state index contributed by atoms with van der Waals surface area (Å²) >= 11 is 0. The van der Waals surface area contributed by atoms with Gasteiger partial charge in [0.2, 0.25) is 0 Å². The molecule has 0 aromatic rings. The lowest BCUT2D eigenvalue weighted by molar-refractivity contribution is -0.158. The number of ether oxygens (including phenoxy) is 2. The van der Waals surface area contributed by atoms with E-state index in [2.05, 4.69) is 0 Å². The molecule has 2 rings (SSSR count). The molecule has 1 saturated heterocycles. The molecule has 1 aliphatic carbocycles. The molecule has 0 aromatic heterocycles. The van der Waals surface area contributed by atoms with E-state index >= 15 is 0 Å². The summed E-state index contributed by atoms with van der Waals surface area (Å²) in [5, 5.41) is 0. The van der Waals surface area contributed by atoms with Crippen LogP contribution in [0.5, 0.6) is 0 Å². The Morgan fingerprint density at radius 3 is 3.00 bits per heavy atom. The summed E-state index contributed by atoms with van der Waals surface area (Å²) in [6.45, 7) is 3.40. The zero-order valence-corrected chi connectivity index (χ0v) is 9.12. The summed E-state index contributed by atoms with van der Waals surface area (Å²) in [7, 11) is 0. The molecule has 4 nitrogen and oxygen atoms in total. The third-order valence-corrected chi connectivity index (χ3v) is 3.47. The summed E-state index contributed by atoms with van der Waals surface area (Å²) in [5.74, 6) is -0.150. The van der Waals surface area contributed by atoms with E-state index in [1.54, 1.807) is 0 Å². The van der Waals surface area contributed by atoms with Crippen LogP contribution in [0.1, 0.15) is 39.5 Å². The molecule has 0 amide bonds. The SMILES string of the molecule is CC(=O)O[C@H]1CC[C@@]2(C)OC(=O)C[C@@H]2C1. The maximum absolute atomic E-state index is 11.2. The molecule has 2 aliphatic rings. The topological polar surface area (TPSA) is 52.6 Å². The molecule has 1 heterocycles. The van der Waals surface area contributed by atoms with E-state index in [9.17, 15) is 9.59 Å². The summed E-state index contributed by atoms with van der Waals surface area (Å²) in [5.41, 5.74) is -0.312. The van der Waals surface area contributed by atoms with Crippen molar-refractivity contribution in [3.05, 3.63) is 0 Å². The van der Waals surface area contributed by atoms with E-state index in [-0.39, 0.29) is 29.6 Å². The zero-order chi connectivity index (χ0) is 11.1. The molecule has 0 bridgehead atoms. The van der Waals surface area contributed by atoms with Crippen LogP contribution in [0.4, 0.5) is 0 Å². The lowest BCUT2D eigenvalue weighted by atomic mass is 9.75. The van der Waals surface area contributed by atoms with Crippen LogP contribution in [0.15, 0.2) is 0 Å². The van der Waals surface area contributed by atoms with Gasteiger partial charge < -0.3 is 9.47 Å². The Morgan fingerprint density at radius 1 is 1.60 bits per heavy atom. The van der Waals surface area contributed by atoms with Crippen LogP contribution in [0.3, 0.4) is 0 Å². The van der Waals surface area contributed by atoms with E-state index in [0.717, 1.165) is 19.3 Å². The van der Waals surface area contributed by atoms with Crippen LogP contribution in [0, 0.1) is 5.92 Å². The van der Waals surface area contributed by atoms with Crippen molar-refractivity contribution in [2.24, 2.45) is 5.92 Å². The minimum Gasteiger partial charge on any atom is -0.463 e. The number of rotatable bonds is 1. The lowest BCUT2D eigenvalue weighted by Gasteiger charge is -2.37. The van der Waals surface area contributed by atoms with Gasteiger partial charge in [-0.15, -0.1) is 0 Å². The maximum Gasteiger partial charge on any atom is 0.306 e. The minimum atomic E-state index is -0.312. The van der Waals surface area contributed by atoms with Crippen molar-refractivity contribution < 1.29 is 19.1 Å². The molecule has 3 atom stereocenters. The van der Waals surface area contributed by atoms with Gasteiger partial charge in [0.15, 0.2) is 0 Å². The number of carbonyl (C=O) groups excluding carboxylic acids is 2. The molecule has 4 heteroatoms. The number of carbonyl (C=O) groups is 2. The van der Waals surface area contributed by atoms with Crippen LogP contribution in [-0.4, -0.2) is 23.6 Å². The van der Waals surface area contributed by atoms with Crippen LogP contribution in [-0.2, 0) is 19.1 Å². The highest BCUT2D eigenvalue weighted by molar-refractivity contribution is 5.73. The zero-order valence-electron chi connectivity index (χ0n) is 9.12. The highest BCUT2D eigenvalue weighted by Crippen LogP contribution is 2.44. The van der Waals surface area contributed by atoms with Gasteiger partial charge in [-0.2, -0.15) is 0 Å². The first-order valence-corrected chi connectivity index (χ1v) is 5.39. The van der Waals surface area contributed by atoms with Crippen molar-refractivity contribution >= 4 is 11.9 Å². The van der Waals surface area contributed by atoms with E-state index in [1.165, 1.54) is 6.92 Å². The van der Waals surface area contributed by atoms with Crippen LogP contribution in [0.2, 0.25) is 0 Å². The normalized spacial score (nSPS) is 39.5. The fraction of sp³-hybridized carbons (Fsp3) is 0.818. The Morgan fingerprint density at radius 2 is 2.33 bits per heavy atom. The van der Waals surface area contributed by atoms with Crippen molar-refractivity contribution in [3.63, 3.8) is 0 Å². The molecular formula is C11H16O4. The Kier molecular flexibility index (Phi) is 2.44. The van der Waals surface area contributed by atoms with Gasteiger partial charge in [-0.05, 0) is 26.2 Å². The van der Waals surface area contributed by atoms with Gasteiger partial charge in [0.1, 0.15) is 11.7 Å². The number of hydrogen-bond acceptors (Lipinski definition) is 4. The Hall–Kier alpha value is -1.06. The van der Waals surface area contributed by atoms with Crippen molar-refractivity contribution in [3.8, 4) is 0 Å². The molecule has 15 heavy (non-hydrogen) atoms. The maximum atomic E-state index is 11.2. The van der Waals surface area contributed by atoms with Crippen molar-refractivity contribution in [1.29, 1.82) is 0 Å². The number of hydrogen-bond donors (Lipinski definition) is 0. The van der Waals surface area contributed by atoms with Gasteiger partial charge in [-0.3, -0.25) is 9.59 Å². The van der Waals surface area contributed by atoms with Gasteiger partial charge in [-0.1, -0.05) is 0 Å². The standard InChI is InChI=1S/C11H16O4/c1-7(12)14-9-3-4-11(2)8(5-9)6-10(13)15-11/h8-9H,3-6H2,1-2H3/t8-,9-,11+/m0/s1. The first kappa shape index (κ1) is 10.5. The van der Waals surface area contributed by atoms with Crippen LogP contribution in [0.25, 0.3) is 0 Å². The number of fused-ring (bicyclic) bond motifs is 1. The second-order valence-corrected chi connectivity index (χ2v) is 4.69. The van der Waals surface area contributed by atoms with Crippen LogP contribution < -0.4 is 0 Å². The molecule has 84 valence electrons. The Bertz CT molecular complexity index is 299. The lowest BCUT2D eigenvalue weighted by Crippen LogP contribution is -2.40. The first-order chi connectivity index (χ1) is 6.99. The molecule has 1 saturated carbocycles. The molecule has 2 fully saturated rings. The van der Waals surface area contributed by atoms with Gasteiger partial charge in [-0.25, -0.2) is 0 Å². The molecular weight excluding hydrogens is 196 g/mol. The summed E-state index contributed by atoms with van der Waals surface area (Å²) in [6.07, 6.45) is 2.77. The summed E-state index contributed by atoms with van der Waals surface area (Å²) in [6, 6.07) is 0. The van der Waals surface area contributed by atoms with E-state index < -0.39 is 0 Å². The highest BCUT2D eigenvalue weighted by Gasteiger charge is 2.49. The van der Waals surface area contributed by atoms with Gasteiger partial charge in [0.05, 0.1) is 6.42 Å². The third-order valence-electron chi connectivity index (χ3n) is 3.47. The monoisotopic (exact) mass is 212 g/mol. The van der Waals surface area contributed by atoms with Gasteiger partial charge in [0.25, 0.3) is 0 Å². The average molecular weight is 212 g/mol. The van der Waals surface area contributed by atoms with Crippen molar-refractivity contribution in [2.45, 2.75) is 51.2 Å². The van der Waals surface area contributed by atoms with Gasteiger partial charge in [0, 0.05) is 12.8 Å². The summed E-state index contributed by atoms with van der Waals surface area (Å²) < 4.78 is 10.5. The minimum absolute atomic E-state index is 0.0323. The fourth-order valence-electron chi connectivity index (χ4n) is 2.61. The summed E-state index contributed by atoms with van der Waals surface area (Å²) in [4.78, 5) is 22.0. The molecule has 0 N–H and O–H groups in total. The molecule has 1 aliphatic heterocycles. The van der Waals surface area contributed by atoms with E-state index in [1.807, 2.05) is 6.92 Å². The molecule has 0 aromatic carbocycles. The van der Waals surface area contributed by atoms with E-state index in [0.29, 0.717) is 6.42 Å². The second kappa shape index (κ2) is 3.51. The predicted octanol–water partition coefficient (Wildman–Crippen LogP) is 1.42. The Labute approximate surface area is 88.9 Å². The van der Waals surface area contributed by atoms with Crippen molar-refractivity contribution in [2.75, 3.05) is 0 Å². The van der Waals surface area contributed by atoms with E-state index in [4.69, 9.17) is 9.47 Å². The molecule has 0 unspecified atom stereocenters. The van der Waals surface area contributed by atoms with Gasteiger partial charge >= 0.3 is 11.9 Å². The third kappa shape index (κ3) is 1.98. The average Bonchev–Trinajstić information content (AvgIpc) is 2.38. The molecule has 0 spiro atoms. The predicted molar refractivity (Wildman–Crippen MR) is 52.0 cm³/mol. The first-order valence-electron chi connectivity index (χ1n) is 5.39. The number of esters is 2. The Balaban J connectivity index is 2.00. The fourth-order valence-corrected chi connectivity index (χ4v) is 2.61. The molecule has 0 radical (unpaired) electrons. The van der Waals surface area contributed by atoms with Crippen molar-refractivity contribution in [1.82, 2.24) is 0 Å². The smallest absolute Gasteiger partial charge is 0.306 e. The highest BCUT2D eigenvalue weighted by atomic mass is 16.6. The largest absolute Gasteiger partial charge is 0.463 e. The quantitative estimate of drug-likeness (QED) is 0.617.